The number of ether oxygens (including phenoxy) is 1. The molecule has 2 amide bonds. The van der Waals surface area contributed by atoms with Crippen LogP contribution >= 0.6 is 0 Å². The number of nitrogens with one attached hydrogen (secondary N) is 2. The van der Waals surface area contributed by atoms with E-state index in [0.29, 0.717) is 17.0 Å². The average Bonchev–Trinajstić information content (AvgIpc) is 2.61. The van der Waals surface area contributed by atoms with E-state index in [9.17, 15) is 14.4 Å². The number of carboxylic acid groups (broad SMARTS) is 1. The molecule has 0 saturated heterocycles. The van der Waals surface area contributed by atoms with Gasteiger partial charge < -0.3 is 20.5 Å². The second-order valence-electron chi connectivity index (χ2n) is 6.15. The highest BCUT2D eigenvalue weighted by Gasteiger charge is 2.11. The quantitative estimate of drug-likeness (QED) is 0.662. The molecule has 0 atom stereocenters. The Kier molecular flexibility index (Phi) is 6.93. The molecule has 0 aliphatic carbocycles. The van der Waals surface area contributed by atoms with Gasteiger partial charge in [-0.1, -0.05) is 18.2 Å². The Morgan fingerprint density at radius 1 is 1.04 bits per heavy atom. The first-order chi connectivity index (χ1) is 12.8. The highest BCUT2D eigenvalue weighted by Crippen LogP contribution is 2.20. The van der Waals surface area contributed by atoms with Crippen molar-refractivity contribution in [2.24, 2.45) is 0 Å². The molecule has 7 nitrogen and oxygen atoms in total. The van der Waals surface area contributed by atoms with E-state index in [2.05, 4.69) is 10.6 Å². The Bertz CT molecular complexity index is 815. The first-order valence-electron chi connectivity index (χ1n) is 8.49. The Morgan fingerprint density at radius 3 is 2.33 bits per heavy atom. The summed E-state index contributed by atoms with van der Waals surface area (Å²) >= 11 is 0. The van der Waals surface area contributed by atoms with Crippen molar-refractivity contribution < 1.29 is 24.2 Å². The second kappa shape index (κ2) is 9.38. The Hall–Kier alpha value is -3.35. The number of amides is 2. The van der Waals surface area contributed by atoms with Gasteiger partial charge in [0.15, 0.2) is 0 Å². The Balaban J connectivity index is 1.96. The van der Waals surface area contributed by atoms with Crippen LogP contribution in [-0.4, -0.2) is 35.5 Å². The minimum atomic E-state index is -1.12. The molecule has 27 heavy (non-hydrogen) atoms. The van der Waals surface area contributed by atoms with E-state index in [1.807, 2.05) is 38.1 Å². The fourth-order valence-electron chi connectivity index (χ4n) is 2.36. The van der Waals surface area contributed by atoms with Crippen LogP contribution in [0.25, 0.3) is 0 Å². The SMILES string of the molecule is CC(C)Oc1ccccc1CC(=O)Nc1ccc(C(=O)NCC(=O)O)cc1. The van der Waals surface area contributed by atoms with Gasteiger partial charge in [0.25, 0.3) is 5.91 Å². The van der Waals surface area contributed by atoms with Crippen LogP contribution in [0, 0.1) is 0 Å². The maximum atomic E-state index is 12.3. The number of carbonyl (C=O) groups is 3. The lowest BCUT2D eigenvalue weighted by molar-refractivity contribution is -0.135. The fraction of sp³-hybridized carbons (Fsp3) is 0.250. The molecule has 2 rings (SSSR count). The number of benzene rings is 2. The molecule has 0 spiro atoms. The highest BCUT2D eigenvalue weighted by molar-refractivity contribution is 5.97. The minimum absolute atomic E-state index is 0.00836. The smallest absolute Gasteiger partial charge is 0.322 e. The molecule has 0 saturated carbocycles. The standard InChI is InChI=1S/C20H22N2O5/c1-13(2)27-17-6-4-3-5-15(17)11-18(23)22-16-9-7-14(8-10-16)20(26)21-12-19(24)25/h3-10,13H,11-12H2,1-2H3,(H,21,26)(H,22,23)(H,24,25). The summed E-state index contributed by atoms with van der Waals surface area (Å²) in [5.41, 5.74) is 1.63. The van der Waals surface area contributed by atoms with Crippen LogP contribution in [0.1, 0.15) is 29.8 Å². The normalized spacial score (nSPS) is 10.3. The van der Waals surface area contributed by atoms with Crippen molar-refractivity contribution in [3.8, 4) is 5.75 Å². The number of carbonyl (C=O) groups excluding carboxylic acids is 2. The van der Waals surface area contributed by atoms with Crippen LogP contribution in [0.5, 0.6) is 5.75 Å². The van der Waals surface area contributed by atoms with Crippen molar-refractivity contribution in [1.82, 2.24) is 5.32 Å². The van der Waals surface area contributed by atoms with Crippen LogP contribution in [0.2, 0.25) is 0 Å². The van der Waals surface area contributed by atoms with Gasteiger partial charge in [-0.15, -0.1) is 0 Å². The van der Waals surface area contributed by atoms with Crippen molar-refractivity contribution in [2.45, 2.75) is 26.4 Å². The summed E-state index contributed by atoms with van der Waals surface area (Å²) < 4.78 is 5.71. The molecule has 0 aromatic heterocycles. The van der Waals surface area contributed by atoms with E-state index < -0.39 is 18.4 Å². The summed E-state index contributed by atoms with van der Waals surface area (Å²) in [6.45, 7) is 3.39. The summed E-state index contributed by atoms with van der Waals surface area (Å²) in [5.74, 6) is -1.14. The summed E-state index contributed by atoms with van der Waals surface area (Å²) in [6, 6.07) is 13.6. The van der Waals surface area contributed by atoms with Gasteiger partial charge in [0, 0.05) is 16.8 Å². The minimum Gasteiger partial charge on any atom is -0.491 e. The van der Waals surface area contributed by atoms with Crippen LogP contribution in [-0.2, 0) is 16.0 Å². The average molecular weight is 370 g/mol. The Morgan fingerprint density at radius 2 is 1.70 bits per heavy atom. The molecule has 142 valence electrons. The predicted molar refractivity (Wildman–Crippen MR) is 101 cm³/mol. The molecular formula is C20H22N2O5. The zero-order chi connectivity index (χ0) is 19.8. The third-order valence-corrected chi connectivity index (χ3v) is 3.52. The van der Waals surface area contributed by atoms with Gasteiger partial charge >= 0.3 is 5.97 Å². The maximum absolute atomic E-state index is 12.3. The molecule has 0 fully saturated rings. The van der Waals surface area contributed by atoms with E-state index in [-0.39, 0.29) is 18.4 Å². The predicted octanol–water partition coefficient (Wildman–Crippen LogP) is 2.47. The zero-order valence-electron chi connectivity index (χ0n) is 15.2. The van der Waals surface area contributed by atoms with E-state index in [0.717, 1.165) is 5.56 Å². The molecular weight excluding hydrogens is 348 g/mol. The molecule has 0 heterocycles. The number of para-hydroxylation sites is 1. The topological polar surface area (TPSA) is 105 Å². The van der Waals surface area contributed by atoms with Gasteiger partial charge in [-0.3, -0.25) is 14.4 Å². The third-order valence-electron chi connectivity index (χ3n) is 3.52. The van der Waals surface area contributed by atoms with Gasteiger partial charge in [0.05, 0.1) is 12.5 Å². The van der Waals surface area contributed by atoms with E-state index in [4.69, 9.17) is 9.84 Å². The molecule has 7 heteroatoms. The van der Waals surface area contributed by atoms with Crippen LogP contribution in [0.15, 0.2) is 48.5 Å². The summed E-state index contributed by atoms with van der Waals surface area (Å²) in [6.07, 6.45) is 0.165. The lowest BCUT2D eigenvalue weighted by atomic mass is 10.1. The molecule has 0 aliphatic heterocycles. The van der Waals surface area contributed by atoms with Crippen molar-refractivity contribution in [3.63, 3.8) is 0 Å². The van der Waals surface area contributed by atoms with Gasteiger partial charge in [-0.05, 0) is 44.2 Å². The fourth-order valence-corrected chi connectivity index (χ4v) is 2.36. The molecule has 0 bridgehead atoms. The van der Waals surface area contributed by atoms with E-state index in [1.54, 1.807) is 12.1 Å². The number of rotatable bonds is 8. The second-order valence-corrected chi connectivity index (χ2v) is 6.15. The van der Waals surface area contributed by atoms with Gasteiger partial charge in [0.1, 0.15) is 12.3 Å². The number of aliphatic carboxylic acids is 1. The van der Waals surface area contributed by atoms with E-state index >= 15 is 0 Å². The number of anilines is 1. The number of hydrogen-bond acceptors (Lipinski definition) is 4. The van der Waals surface area contributed by atoms with Gasteiger partial charge in [0.2, 0.25) is 5.91 Å². The lowest BCUT2D eigenvalue weighted by Crippen LogP contribution is -2.29. The van der Waals surface area contributed by atoms with Crippen molar-refractivity contribution in [2.75, 3.05) is 11.9 Å². The molecule has 0 radical (unpaired) electrons. The Labute approximate surface area is 157 Å². The number of carboxylic acids is 1. The van der Waals surface area contributed by atoms with E-state index in [1.165, 1.54) is 12.1 Å². The molecule has 2 aromatic rings. The third kappa shape index (κ3) is 6.47. The number of hydrogen-bond donors (Lipinski definition) is 3. The van der Waals surface area contributed by atoms with Crippen molar-refractivity contribution in [1.29, 1.82) is 0 Å². The van der Waals surface area contributed by atoms with Crippen LogP contribution in [0.3, 0.4) is 0 Å². The summed E-state index contributed by atoms with van der Waals surface area (Å²) in [5, 5.41) is 13.6. The molecule has 2 aromatic carbocycles. The molecule has 3 N–H and O–H groups in total. The summed E-state index contributed by atoms with van der Waals surface area (Å²) in [7, 11) is 0. The first kappa shape index (κ1) is 20.0. The van der Waals surface area contributed by atoms with Crippen LogP contribution in [0.4, 0.5) is 5.69 Å². The molecule has 0 unspecified atom stereocenters. The lowest BCUT2D eigenvalue weighted by Gasteiger charge is -2.14. The highest BCUT2D eigenvalue weighted by atomic mass is 16.5. The monoisotopic (exact) mass is 370 g/mol. The van der Waals surface area contributed by atoms with Gasteiger partial charge in [-0.25, -0.2) is 0 Å². The van der Waals surface area contributed by atoms with Crippen LogP contribution < -0.4 is 15.4 Å². The zero-order valence-corrected chi connectivity index (χ0v) is 15.2. The summed E-state index contributed by atoms with van der Waals surface area (Å²) in [4.78, 5) is 34.6. The largest absolute Gasteiger partial charge is 0.491 e. The van der Waals surface area contributed by atoms with Crippen molar-refractivity contribution in [3.05, 3.63) is 59.7 Å². The molecule has 0 aliphatic rings. The first-order valence-corrected chi connectivity index (χ1v) is 8.49. The van der Waals surface area contributed by atoms with Crippen molar-refractivity contribution >= 4 is 23.5 Å². The van der Waals surface area contributed by atoms with Gasteiger partial charge in [-0.2, -0.15) is 0 Å². The maximum Gasteiger partial charge on any atom is 0.322 e.